The highest BCUT2D eigenvalue weighted by atomic mass is 79.9. The van der Waals surface area contributed by atoms with Crippen LogP contribution in [0.25, 0.3) is 0 Å². The smallest absolute Gasteiger partial charge is 0.175 e. The molecule has 0 unspecified atom stereocenters. The van der Waals surface area contributed by atoms with Gasteiger partial charge in [0, 0.05) is 15.8 Å². The lowest BCUT2D eigenvalue weighted by Crippen LogP contribution is -2.19. The fraction of sp³-hybridized carbons (Fsp3) is 0.0714. The number of halogens is 2. The van der Waals surface area contributed by atoms with E-state index in [2.05, 4.69) is 26.6 Å². The summed E-state index contributed by atoms with van der Waals surface area (Å²) in [6, 6.07) is 11.9. The zero-order valence-electron chi connectivity index (χ0n) is 10.2. The molecule has 98 valence electrons. The number of thiocarbonyl (C=S) groups is 1. The van der Waals surface area contributed by atoms with Gasteiger partial charge >= 0.3 is 0 Å². The second-order valence-electron chi connectivity index (χ2n) is 4.05. The molecule has 0 radical (unpaired) electrons. The van der Waals surface area contributed by atoms with Crippen LogP contribution in [0, 0.1) is 12.7 Å². The molecule has 0 amide bonds. The van der Waals surface area contributed by atoms with Crippen LogP contribution in [-0.4, -0.2) is 5.11 Å². The molecule has 0 bridgehead atoms. The van der Waals surface area contributed by atoms with Crippen molar-refractivity contribution in [1.29, 1.82) is 0 Å². The van der Waals surface area contributed by atoms with Crippen LogP contribution in [0.3, 0.4) is 0 Å². The third-order valence-corrected chi connectivity index (χ3v) is 3.24. The molecular formula is C14H12BrFN2S. The van der Waals surface area contributed by atoms with E-state index in [9.17, 15) is 4.39 Å². The Hall–Kier alpha value is -1.46. The molecule has 0 aliphatic carbocycles. The second kappa shape index (κ2) is 6.12. The van der Waals surface area contributed by atoms with Gasteiger partial charge in [-0.2, -0.15) is 0 Å². The largest absolute Gasteiger partial charge is 0.332 e. The van der Waals surface area contributed by atoms with Gasteiger partial charge in [0.25, 0.3) is 0 Å². The van der Waals surface area contributed by atoms with Crippen molar-refractivity contribution in [3.63, 3.8) is 0 Å². The lowest BCUT2D eigenvalue weighted by atomic mass is 10.2. The fourth-order valence-electron chi connectivity index (χ4n) is 1.59. The summed E-state index contributed by atoms with van der Waals surface area (Å²) in [5.41, 5.74) is 2.76. The van der Waals surface area contributed by atoms with Gasteiger partial charge < -0.3 is 10.6 Å². The first kappa shape index (κ1) is 14.0. The van der Waals surface area contributed by atoms with Crippen molar-refractivity contribution in [1.82, 2.24) is 0 Å². The van der Waals surface area contributed by atoms with Crippen LogP contribution in [0.1, 0.15) is 5.56 Å². The highest BCUT2D eigenvalue weighted by molar-refractivity contribution is 9.10. The Kier molecular flexibility index (Phi) is 4.50. The summed E-state index contributed by atoms with van der Waals surface area (Å²) >= 11 is 8.63. The van der Waals surface area contributed by atoms with Gasteiger partial charge in [0.1, 0.15) is 5.82 Å². The highest BCUT2D eigenvalue weighted by Crippen LogP contribution is 2.20. The van der Waals surface area contributed by atoms with Gasteiger partial charge in [-0.3, -0.25) is 0 Å². The number of aryl methyl sites for hydroxylation is 1. The van der Waals surface area contributed by atoms with E-state index in [-0.39, 0.29) is 5.82 Å². The number of hydrogen-bond acceptors (Lipinski definition) is 1. The average Bonchev–Trinajstić information content (AvgIpc) is 2.36. The Bertz CT molecular complexity index is 599. The number of hydrogen-bond donors (Lipinski definition) is 2. The summed E-state index contributed by atoms with van der Waals surface area (Å²) in [5, 5.41) is 6.58. The van der Waals surface area contributed by atoms with Gasteiger partial charge in [-0.1, -0.05) is 15.9 Å². The molecule has 2 N–H and O–H groups in total. The Balaban J connectivity index is 2.03. The van der Waals surface area contributed by atoms with Crippen LogP contribution in [0.15, 0.2) is 46.9 Å². The summed E-state index contributed by atoms with van der Waals surface area (Å²) in [6.45, 7) is 1.99. The molecule has 2 nitrogen and oxygen atoms in total. The molecule has 0 aromatic heterocycles. The van der Waals surface area contributed by atoms with Crippen molar-refractivity contribution >= 4 is 44.6 Å². The Labute approximate surface area is 125 Å². The third-order valence-electron chi connectivity index (χ3n) is 2.54. The highest BCUT2D eigenvalue weighted by Gasteiger charge is 2.02. The van der Waals surface area contributed by atoms with Crippen molar-refractivity contribution in [2.75, 3.05) is 10.6 Å². The van der Waals surface area contributed by atoms with E-state index in [1.807, 2.05) is 25.1 Å². The van der Waals surface area contributed by atoms with Crippen molar-refractivity contribution in [3.05, 3.63) is 58.3 Å². The van der Waals surface area contributed by atoms with Gasteiger partial charge in [-0.15, -0.1) is 0 Å². The predicted molar refractivity (Wildman–Crippen MR) is 85.1 cm³/mol. The van der Waals surface area contributed by atoms with Crippen molar-refractivity contribution in [2.45, 2.75) is 6.92 Å². The van der Waals surface area contributed by atoms with Crippen molar-refractivity contribution in [2.24, 2.45) is 0 Å². The lowest BCUT2D eigenvalue weighted by molar-refractivity contribution is 0.628. The van der Waals surface area contributed by atoms with Gasteiger partial charge in [-0.25, -0.2) is 4.39 Å². The predicted octanol–water partition coefficient (Wildman–Crippen LogP) is 4.71. The van der Waals surface area contributed by atoms with E-state index < -0.39 is 0 Å². The van der Waals surface area contributed by atoms with Gasteiger partial charge in [0.05, 0.1) is 0 Å². The molecule has 0 aliphatic rings. The van der Waals surface area contributed by atoms with E-state index in [1.165, 1.54) is 12.1 Å². The van der Waals surface area contributed by atoms with Crippen LogP contribution >= 0.6 is 28.1 Å². The van der Waals surface area contributed by atoms with E-state index in [4.69, 9.17) is 12.2 Å². The molecule has 0 saturated carbocycles. The van der Waals surface area contributed by atoms with Gasteiger partial charge in [-0.05, 0) is 67.2 Å². The van der Waals surface area contributed by atoms with Gasteiger partial charge in [0.2, 0.25) is 0 Å². The molecule has 2 rings (SSSR count). The maximum Gasteiger partial charge on any atom is 0.175 e. The van der Waals surface area contributed by atoms with Crippen LogP contribution < -0.4 is 10.6 Å². The minimum absolute atomic E-state index is 0.270. The minimum Gasteiger partial charge on any atom is -0.332 e. The van der Waals surface area contributed by atoms with Crippen LogP contribution in [0.2, 0.25) is 0 Å². The Morgan fingerprint density at radius 2 is 1.79 bits per heavy atom. The van der Waals surface area contributed by atoms with Crippen LogP contribution in [0.4, 0.5) is 15.8 Å². The molecule has 2 aromatic rings. The van der Waals surface area contributed by atoms with Crippen molar-refractivity contribution in [3.8, 4) is 0 Å². The summed E-state index contributed by atoms with van der Waals surface area (Å²) in [5.74, 6) is -0.270. The van der Waals surface area contributed by atoms with E-state index in [1.54, 1.807) is 12.1 Å². The zero-order chi connectivity index (χ0) is 13.8. The quantitative estimate of drug-likeness (QED) is 0.775. The molecule has 0 spiro atoms. The first-order valence-corrected chi connectivity index (χ1v) is 6.84. The number of rotatable bonds is 2. The summed E-state index contributed by atoms with van der Waals surface area (Å²) in [6.07, 6.45) is 0. The normalized spacial score (nSPS) is 10.1. The van der Waals surface area contributed by atoms with Crippen molar-refractivity contribution < 1.29 is 4.39 Å². The first-order chi connectivity index (χ1) is 9.04. The SMILES string of the molecule is Cc1cc(Br)ccc1NC(=S)Nc1ccc(F)cc1. The Morgan fingerprint density at radius 1 is 1.11 bits per heavy atom. The third kappa shape index (κ3) is 4.01. The molecular weight excluding hydrogens is 327 g/mol. The van der Waals surface area contributed by atoms with Gasteiger partial charge in [0.15, 0.2) is 5.11 Å². The number of benzene rings is 2. The molecule has 2 aromatic carbocycles. The average molecular weight is 339 g/mol. The summed E-state index contributed by atoms with van der Waals surface area (Å²) in [7, 11) is 0. The topological polar surface area (TPSA) is 24.1 Å². The first-order valence-electron chi connectivity index (χ1n) is 5.64. The standard InChI is InChI=1S/C14H12BrFN2S/c1-9-8-10(15)2-7-13(9)18-14(19)17-12-5-3-11(16)4-6-12/h2-8H,1H3,(H2,17,18,19). The summed E-state index contributed by atoms with van der Waals surface area (Å²) < 4.78 is 13.8. The monoisotopic (exact) mass is 338 g/mol. The summed E-state index contributed by atoms with van der Waals surface area (Å²) in [4.78, 5) is 0. The molecule has 0 saturated heterocycles. The zero-order valence-corrected chi connectivity index (χ0v) is 12.6. The van der Waals surface area contributed by atoms with E-state index in [0.717, 1.165) is 21.4 Å². The van der Waals surface area contributed by atoms with E-state index in [0.29, 0.717) is 5.11 Å². The lowest BCUT2D eigenvalue weighted by Gasteiger charge is -2.12. The fourth-order valence-corrected chi connectivity index (χ4v) is 2.29. The molecule has 5 heteroatoms. The maximum absolute atomic E-state index is 12.8. The van der Waals surface area contributed by atoms with Crippen LogP contribution in [0.5, 0.6) is 0 Å². The maximum atomic E-state index is 12.8. The Morgan fingerprint density at radius 3 is 2.42 bits per heavy atom. The molecule has 19 heavy (non-hydrogen) atoms. The van der Waals surface area contributed by atoms with E-state index >= 15 is 0 Å². The number of anilines is 2. The molecule has 0 fully saturated rings. The number of nitrogens with one attached hydrogen (secondary N) is 2. The second-order valence-corrected chi connectivity index (χ2v) is 5.37. The van der Waals surface area contributed by atoms with Crippen LogP contribution in [-0.2, 0) is 0 Å². The minimum atomic E-state index is -0.270. The molecule has 0 atom stereocenters. The molecule has 0 aliphatic heterocycles. The molecule has 0 heterocycles.